The standard InChI is InChI=1S/C16H17NO6/c1-9-6-12(19)10(7-11(9)18)16(2,3)8-15(22)23-17-13(20)4-5-14(17)21/h4-7,20-21H,8H2,1-3H3. The number of aromatic hydroxyl groups is 2. The van der Waals surface area contributed by atoms with Gasteiger partial charge in [0.1, 0.15) is 0 Å². The van der Waals surface area contributed by atoms with Gasteiger partial charge in [0.15, 0.2) is 11.6 Å². The molecule has 0 fully saturated rings. The summed E-state index contributed by atoms with van der Waals surface area (Å²) in [6.45, 7) is 4.82. The maximum atomic E-state index is 12.1. The van der Waals surface area contributed by atoms with Crippen LogP contribution >= 0.6 is 0 Å². The van der Waals surface area contributed by atoms with Crippen LogP contribution in [0.15, 0.2) is 35.4 Å². The third kappa shape index (κ3) is 3.33. The summed E-state index contributed by atoms with van der Waals surface area (Å²) in [5.41, 5.74) is -0.385. The monoisotopic (exact) mass is 319 g/mol. The Kier molecular flexibility index (Phi) is 4.14. The zero-order valence-corrected chi connectivity index (χ0v) is 13.0. The highest BCUT2D eigenvalue weighted by atomic mass is 16.7. The van der Waals surface area contributed by atoms with Crippen molar-refractivity contribution in [3.8, 4) is 11.8 Å². The van der Waals surface area contributed by atoms with Gasteiger partial charge >= 0.3 is 5.97 Å². The summed E-state index contributed by atoms with van der Waals surface area (Å²) in [6.07, 6.45) is 2.26. The van der Waals surface area contributed by atoms with E-state index in [4.69, 9.17) is 4.84 Å². The highest BCUT2D eigenvalue weighted by Crippen LogP contribution is 2.34. The Labute approximate surface area is 132 Å². The Morgan fingerprint density at radius 1 is 1.13 bits per heavy atom. The molecule has 1 aliphatic carbocycles. The Balaban J connectivity index is 2.15. The molecule has 2 N–H and O–H groups in total. The lowest BCUT2D eigenvalue weighted by atomic mass is 9.76. The number of ketones is 2. The first-order valence-corrected chi connectivity index (χ1v) is 6.92. The molecule has 2 rings (SSSR count). The summed E-state index contributed by atoms with van der Waals surface area (Å²) in [6, 6.07) is 2.32. The number of aromatic nitrogens is 1. The van der Waals surface area contributed by atoms with Crippen molar-refractivity contribution in [3.05, 3.63) is 35.4 Å². The van der Waals surface area contributed by atoms with E-state index in [9.17, 15) is 24.6 Å². The van der Waals surface area contributed by atoms with Crippen molar-refractivity contribution in [1.82, 2.24) is 4.73 Å². The van der Waals surface area contributed by atoms with Gasteiger partial charge in [-0.3, -0.25) is 9.59 Å². The highest BCUT2D eigenvalue weighted by Gasteiger charge is 2.34. The van der Waals surface area contributed by atoms with Gasteiger partial charge in [0.25, 0.3) is 0 Å². The van der Waals surface area contributed by atoms with E-state index in [2.05, 4.69) is 0 Å². The molecule has 0 unspecified atom stereocenters. The van der Waals surface area contributed by atoms with Crippen LogP contribution in [-0.2, 0) is 14.4 Å². The quantitative estimate of drug-likeness (QED) is 0.810. The van der Waals surface area contributed by atoms with E-state index in [1.165, 1.54) is 12.2 Å². The third-order valence-corrected chi connectivity index (χ3v) is 3.58. The topological polar surface area (TPSA) is 106 Å². The number of allylic oxidation sites excluding steroid dienone is 4. The van der Waals surface area contributed by atoms with E-state index in [0.717, 1.165) is 12.1 Å². The molecule has 0 saturated carbocycles. The molecule has 23 heavy (non-hydrogen) atoms. The number of nitrogens with zero attached hydrogens (tertiary/aromatic N) is 1. The minimum atomic E-state index is -0.945. The van der Waals surface area contributed by atoms with E-state index >= 15 is 0 Å². The zero-order valence-electron chi connectivity index (χ0n) is 13.0. The summed E-state index contributed by atoms with van der Waals surface area (Å²) in [4.78, 5) is 40.7. The van der Waals surface area contributed by atoms with Gasteiger partial charge in [-0.25, -0.2) is 4.79 Å². The van der Waals surface area contributed by atoms with Crippen molar-refractivity contribution in [2.24, 2.45) is 5.41 Å². The van der Waals surface area contributed by atoms with Crippen LogP contribution in [0, 0.1) is 5.41 Å². The highest BCUT2D eigenvalue weighted by molar-refractivity contribution is 6.20. The van der Waals surface area contributed by atoms with Crippen LogP contribution in [0.25, 0.3) is 0 Å². The first kappa shape index (κ1) is 16.5. The summed E-state index contributed by atoms with van der Waals surface area (Å²) in [7, 11) is 0. The maximum Gasteiger partial charge on any atom is 0.334 e. The van der Waals surface area contributed by atoms with Crippen molar-refractivity contribution >= 4 is 17.5 Å². The molecule has 1 aromatic heterocycles. The molecule has 0 aromatic carbocycles. The lowest BCUT2D eigenvalue weighted by Crippen LogP contribution is -2.30. The van der Waals surface area contributed by atoms with Crippen molar-refractivity contribution in [2.45, 2.75) is 27.2 Å². The van der Waals surface area contributed by atoms with E-state index < -0.39 is 23.1 Å². The fourth-order valence-corrected chi connectivity index (χ4v) is 2.28. The Morgan fingerprint density at radius 3 is 2.26 bits per heavy atom. The van der Waals surface area contributed by atoms with E-state index in [1.54, 1.807) is 20.8 Å². The van der Waals surface area contributed by atoms with Gasteiger partial charge in [0.2, 0.25) is 11.8 Å². The average molecular weight is 319 g/mol. The molecule has 7 heteroatoms. The molecule has 0 bridgehead atoms. The summed E-state index contributed by atoms with van der Waals surface area (Å²) in [5, 5.41) is 18.9. The Bertz CT molecular complexity index is 731. The van der Waals surface area contributed by atoms with Crippen molar-refractivity contribution in [2.75, 3.05) is 0 Å². The second-order valence-electron chi connectivity index (χ2n) is 5.98. The minimum Gasteiger partial charge on any atom is -0.492 e. The summed E-state index contributed by atoms with van der Waals surface area (Å²) < 4.78 is 0.574. The van der Waals surface area contributed by atoms with Crippen LogP contribution in [0.5, 0.6) is 11.8 Å². The minimum absolute atomic E-state index is 0.214. The van der Waals surface area contributed by atoms with Gasteiger partial charge < -0.3 is 15.1 Å². The van der Waals surface area contributed by atoms with Crippen LogP contribution < -0.4 is 4.84 Å². The van der Waals surface area contributed by atoms with Gasteiger partial charge in [-0.2, -0.15) is 0 Å². The Morgan fingerprint density at radius 2 is 1.70 bits per heavy atom. The average Bonchev–Trinajstić information content (AvgIpc) is 2.74. The van der Waals surface area contributed by atoms with Crippen LogP contribution in [-0.4, -0.2) is 32.5 Å². The van der Waals surface area contributed by atoms with E-state index in [1.807, 2.05) is 0 Å². The number of carbonyl (C=O) groups excluding carboxylic acids is 3. The fourth-order valence-electron chi connectivity index (χ4n) is 2.28. The largest absolute Gasteiger partial charge is 0.492 e. The van der Waals surface area contributed by atoms with Gasteiger partial charge in [-0.05, 0) is 19.1 Å². The molecule has 0 saturated heterocycles. The lowest BCUT2D eigenvalue weighted by molar-refractivity contribution is -0.147. The smallest absolute Gasteiger partial charge is 0.334 e. The molecular formula is C16H17NO6. The molecular weight excluding hydrogens is 302 g/mol. The molecule has 0 aliphatic heterocycles. The van der Waals surface area contributed by atoms with Gasteiger partial charge in [0.05, 0.1) is 6.42 Å². The Hall–Kier alpha value is -2.83. The number of rotatable bonds is 4. The maximum absolute atomic E-state index is 12.1. The summed E-state index contributed by atoms with van der Waals surface area (Å²) >= 11 is 0. The zero-order chi connectivity index (χ0) is 17.4. The van der Waals surface area contributed by atoms with Gasteiger partial charge in [-0.15, -0.1) is 4.73 Å². The molecule has 7 nitrogen and oxygen atoms in total. The molecule has 1 heterocycles. The van der Waals surface area contributed by atoms with Crippen molar-refractivity contribution in [1.29, 1.82) is 0 Å². The normalized spacial score (nSPS) is 15.3. The SMILES string of the molecule is CC1=CC(=O)C(C(C)(C)CC(=O)On2c(O)ccc2O)=CC1=O. The number of hydrogen-bond donors (Lipinski definition) is 2. The second kappa shape index (κ2) is 5.75. The third-order valence-electron chi connectivity index (χ3n) is 3.58. The fraction of sp³-hybridized carbons (Fsp3) is 0.312. The molecule has 0 atom stereocenters. The first-order valence-electron chi connectivity index (χ1n) is 6.92. The summed E-state index contributed by atoms with van der Waals surface area (Å²) in [5.74, 6) is -2.25. The lowest BCUT2D eigenvalue weighted by Gasteiger charge is -2.27. The predicted molar refractivity (Wildman–Crippen MR) is 79.6 cm³/mol. The second-order valence-corrected chi connectivity index (χ2v) is 5.98. The van der Waals surface area contributed by atoms with Crippen LogP contribution in [0.2, 0.25) is 0 Å². The van der Waals surface area contributed by atoms with Crippen LogP contribution in [0.3, 0.4) is 0 Å². The number of hydrogen-bond acceptors (Lipinski definition) is 6. The molecule has 1 aliphatic rings. The number of carbonyl (C=O) groups is 3. The van der Waals surface area contributed by atoms with Crippen molar-refractivity contribution in [3.63, 3.8) is 0 Å². The molecule has 0 radical (unpaired) electrons. The van der Waals surface area contributed by atoms with Crippen LogP contribution in [0.4, 0.5) is 0 Å². The van der Waals surface area contributed by atoms with Crippen molar-refractivity contribution < 1.29 is 29.4 Å². The molecule has 122 valence electrons. The molecule has 1 aromatic rings. The van der Waals surface area contributed by atoms with E-state index in [-0.39, 0.29) is 23.6 Å². The molecule has 0 amide bonds. The van der Waals surface area contributed by atoms with Gasteiger partial charge in [0, 0.05) is 28.7 Å². The van der Waals surface area contributed by atoms with E-state index in [0.29, 0.717) is 10.3 Å². The predicted octanol–water partition coefficient (Wildman–Crippen LogP) is 1.30. The van der Waals surface area contributed by atoms with Crippen LogP contribution in [0.1, 0.15) is 27.2 Å². The van der Waals surface area contributed by atoms with Gasteiger partial charge in [-0.1, -0.05) is 13.8 Å². The molecule has 0 spiro atoms. The first-order chi connectivity index (χ1) is 10.6.